The van der Waals surface area contributed by atoms with E-state index in [2.05, 4.69) is 39.2 Å². The Bertz CT molecular complexity index is 1050. The second-order valence-corrected chi connectivity index (χ2v) is 18.0. The monoisotopic (exact) mass is 852 g/mol. The van der Waals surface area contributed by atoms with Crippen LogP contribution < -0.4 is 16.4 Å². The van der Waals surface area contributed by atoms with Crippen molar-refractivity contribution in [3.8, 4) is 0 Å². The van der Waals surface area contributed by atoms with Gasteiger partial charge in [-0.3, -0.25) is 14.2 Å². The lowest BCUT2D eigenvalue weighted by Gasteiger charge is -2.26. The van der Waals surface area contributed by atoms with E-state index in [1.807, 2.05) is 0 Å². The summed E-state index contributed by atoms with van der Waals surface area (Å²) in [4.78, 5) is 49.9. The Morgan fingerprint density at radius 1 is 0.586 bits per heavy atom. The molecular weight excluding hydrogens is 763 g/mol. The normalized spacial score (nSPS) is 15.2. The van der Waals surface area contributed by atoms with Crippen molar-refractivity contribution in [1.82, 2.24) is 0 Å². The second-order valence-electron chi connectivity index (χ2n) is 16.6. The predicted octanol–water partition coefficient (Wildman–Crippen LogP) is 7.54. The van der Waals surface area contributed by atoms with Crippen LogP contribution in [0.2, 0.25) is 0 Å². The quantitative estimate of drug-likeness (QED) is 0.0236. The van der Waals surface area contributed by atoms with E-state index in [-0.39, 0.29) is 19.4 Å². The molecular formula is C44H88N2O11P+. The summed E-state index contributed by atoms with van der Waals surface area (Å²) < 4.78 is 38.2. The summed E-state index contributed by atoms with van der Waals surface area (Å²) in [7, 11) is -4.97. The Labute approximate surface area is 352 Å². The first-order valence-corrected chi connectivity index (χ1v) is 24.7. The number of hydrogen-bond donors (Lipinski definition) is 3. The molecule has 58 heavy (non-hydrogen) atoms. The fourth-order valence-electron chi connectivity index (χ4n) is 6.45. The summed E-state index contributed by atoms with van der Waals surface area (Å²) in [6, 6.07) is -0.611. The molecule has 0 aliphatic carbocycles. The predicted molar refractivity (Wildman–Crippen MR) is 226 cm³/mol. The van der Waals surface area contributed by atoms with E-state index in [1.165, 1.54) is 89.9 Å². The Hall–Kier alpha value is -1.60. The van der Waals surface area contributed by atoms with Crippen molar-refractivity contribution in [3.05, 3.63) is 0 Å². The van der Waals surface area contributed by atoms with Gasteiger partial charge in [-0.25, -0.2) is 4.79 Å². The van der Waals surface area contributed by atoms with Crippen molar-refractivity contribution in [3.63, 3.8) is 0 Å². The number of quaternary nitrogens is 2. The summed E-state index contributed by atoms with van der Waals surface area (Å²) in [5.74, 6) is 0.0385. The zero-order valence-corrected chi connectivity index (χ0v) is 38.3. The molecule has 13 nitrogen and oxygen atoms in total. The van der Waals surface area contributed by atoms with Gasteiger partial charge in [0, 0.05) is 19.3 Å². The minimum atomic E-state index is -4.97. The topological polar surface area (TPSA) is 213 Å². The molecule has 0 fully saturated rings. The molecule has 6 atom stereocenters. The van der Waals surface area contributed by atoms with Crippen molar-refractivity contribution in [2.45, 2.75) is 219 Å². The summed E-state index contributed by atoms with van der Waals surface area (Å²) in [5, 5.41) is 10.1. The van der Waals surface area contributed by atoms with Crippen LogP contribution >= 0.6 is 7.82 Å². The zero-order valence-electron chi connectivity index (χ0n) is 37.4. The first-order valence-electron chi connectivity index (χ1n) is 23.3. The third-order valence-corrected chi connectivity index (χ3v) is 11.9. The van der Waals surface area contributed by atoms with E-state index in [1.54, 1.807) is 0 Å². The molecule has 344 valence electrons. The highest BCUT2D eigenvalue weighted by atomic mass is 31.2. The van der Waals surface area contributed by atoms with Crippen molar-refractivity contribution >= 4 is 25.7 Å². The minimum Gasteiger partial charge on any atom is -0.756 e. The molecule has 7 N–H and O–H groups in total. The van der Waals surface area contributed by atoms with Crippen molar-refractivity contribution < 1.29 is 63.7 Å². The number of phosphoric ester groups is 1. The van der Waals surface area contributed by atoms with Crippen LogP contribution in [0.25, 0.3) is 0 Å². The Balaban J connectivity index is 4.68. The molecule has 0 heterocycles. The van der Waals surface area contributed by atoms with E-state index in [0.29, 0.717) is 19.3 Å². The molecule has 0 amide bonds. The van der Waals surface area contributed by atoms with Gasteiger partial charge in [-0.2, -0.15) is 0 Å². The zero-order chi connectivity index (χ0) is 43.3. The molecule has 14 heteroatoms. The van der Waals surface area contributed by atoms with Gasteiger partial charge in [-0.15, -0.1) is 0 Å². The average Bonchev–Trinajstić information content (AvgIpc) is 3.20. The number of carbonyl (C=O) groups excluding carboxylic acids is 3. The molecule has 0 saturated heterocycles. The number of aliphatic hydroxyl groups is 1. The Kier molecular flexibility index (Phi) is 37.3. The van der Waals surface area contributed by atoms with Gasteiger partial charge in [0.05, 0.1) is 19.8 Å². The van der Waals surface area contributed by atoms with Gasteiger partial charge in [-0.1, -0.05) is 156 Å². The molecule has 0 bridgehead atoms. The van der Waals surface area contributed by atoms with Crippen LogP contribution in [0.1, 0.15) is 201 Å². The van der Waals surface area contributed by atoms with E-state index in [4.69, 9.17) is 23.3 Å². The smallest absolute Gasteiger partial charge is 0.364 e. The van der Waals surface area contributed by atoms with Crippen molar-refractivity contribution in [2.24, 2.45) is 11.8 Å². The number of aliphatic hydroxyl groups excluding tert-OH is 1. The van der Waals surface area contributed by atoms with Crippen LogP contribution in [0.3, 0.4) is 0 Å². The van der Waals surface area contributed by atoms with E-state index >= 15 is 0 Å². The number of hydrogen-bond acceptors (Lipinski definition) is 11. The highest BCUT2D eigenvalue weighted by Gasteiger charge is 2.23. The highest BCUT2D eigenvalue weighted by molar-refractivity contribution is 7.45. The van der Waals surface area contributed by atoms with Crippen LogP contribution in [0.5, 0.6) is 0 Å². The molecule has 0 spiro atoms. The molecule has 3 unspecified atom stereocenters. The first kappa shape index (κ1) is 56.4. The van der Waals surface area contributed by atoms with Gasteiger partial charge in [0.1, 0.15) is 19.3 Å². The lowest BCUT2D eigenvalue weighted by molar-refractivity contribution is -0.410. The minimum absolute atomic E-state index is 0.151. The maximum atomic E-state index is 12.7. The standard InChI is InChI=1S/C44H87N2O11P/c1-5-37(3)27-21-17-13-9-7-8-10-15-19-23-30-42(48)53-35-40(57-43(49)31-24-20-16-12-11-14-18-22-28-38(4)6-2)36-56-58(51,52)55-34-39(47)33-54-44(50)41(46)29-25-26-32-45/h37-41,47H,5-36,45-46H2,1-4H3,(H,51,52)/p+1/t37?,38?,39-,40+,41-/m0/s1. The summed E-state index contributed by atoms with van der Waals surface area (Å²) in [6.07, 6.45) is 25.1. The fraction of sp³-hybridized carbons (Fsp3) is 0.932. The van der Waals surface area contributed by atoms with E-state index < -0.39 is 63.8 Å². The molecule has 0 aliphatic rings. The average molecular weight is 852 g/mol. The number of esters is 3. The SMILES string of the molecule is CCC(C)CCCCCCCCCCCCC(=O)OC[C@H](COP(=O)([O-])OC[C@@H](O)COC(=O)[C@@H]([NH3+])CCCC[NH3+])OC(=O)CCCCCCCCCCC(C)CC. The van der Waals surface area contributed by atoms with Crippen molar-refractivity contribution in [2.75, 3.05) is 33.0 Å². The number of rotatable bonds is 42. The fourth-order valence-corrected chi connectivity index (χ4v) is 7.22. The third kappa shape index (κ3) is 36.3. The second kappa shape index (κ2) is 38.3. The molecule has 0 aliphatic heterocycles. The van der Waals surface area contributed by atoms with Gasteiger partial charge in [-0.05, 0) is 37.5 Å². The number of unbranched alkanes of at least 4 members (excludes halogenated alkanes) is 17. The lowest BCUT2D eigenvalue weighted by Crippen LogP contribution is -2.65. The van der Waals surface area contributed by atoms with Crippen molar-refractivity contribution in [1.29, 1.82) is 0 Å². The maximum absolute atomic E-state index is 12.7. The van der Waals surface area contributed by atoms with Gasteiger partial charge in [0.2, 0.25) is 0 Å². The Morgan fingerprint density at radius 2 is 1.02 bits per heavy atom. The van der Waals surface area contributed by atoms with Gasteiger partial charge < -0.3 is 44.7 Å². The van der Waals surface area contributed by atoms with Crippen LogP contribution in [0.4, 0.5) is 0 Å². The van der Waals surface area contributed by atoms with Crippen LogP contribution in [-0.4, -0.2) is 74.2 Å². The number of ether oxygens (including phenoxy) is 3. The summed E-state index contributed by atoms with van der Waals surface area (Å²) in [5.41, 5.74) is 7.52. The van der Waals surface area contributed by atoms with E-state index in [9.17, 15) is 28.9 Å². The molecule has 0 aromatic rings. The highest BCUT2D eigenvalue weighted by Crippen LogP contribution is 2.38. The Morgan fingerprint density at radius 3 is 1.50 bits per heavy atom. The van der Waals surface area contributed by atoms with Crippen LogP contribution in [-0.2, 0) is 42.2 Å². The van der Waals surface area contributed by atoms with Gasteiger partial charge in [0.15, 0.2) is 12.1 Å². The summed E-state index contributed by atoms with van der Waals surface area (Å²) in [6.45, 7) is 7.68. The van der Waals surface area contributed by atoms with Crippen LogP contribution in [0.15, 0.2) is 0 Å². The lowest BCUT2D eigenvalue weighted by atomic mass is 9.99. The molecule has 0 aromatic heterocycles. The largest absolute Gasteiger partial charge is 0.756 e. The molecule has 0 saturated carbocycles. The van der Waals surface area contributed by atoms with E-state index in [0.717, 1.165) is 69.7 Å². The van der Waals surface area contributed by atoms with Gasteiger partial charge in [0.25, 0.3) is 7.82 Å². The summed E-state index contributed by atoms with van der Waals surface area (Å²) >= 11 is 0. The maximum Gasteiger partial charge on any atom is 0.364 e. The third-order valence-electron chi connectivity index (χ3n) is 10.9. The number of phosphoric acid groups is 1. The van der Waals surface area contributed by atoms with Gasteiger partial charge >= 0.3 is 17.9 Å². The first-order chi connectivity index (χ1) is 27.8. The molecule has 0 radical (unpaired) electrons. The molecule has 0 rings (SSSR count). The number of carbonyl (C=O) groups is 3. The molecule has 0 aromatic carbocycles. The van der Waals surface area contributed by atoms with Crippen LogP contribution in [0, 0.1) is 11.8 Å².